The molecule has 2 aliphatic heterocycles. The van der Waals surface area contributed by atoms with Crippen LogP contribution in [0.2, 0.25) is 0 Å². The average Bonchev–Trinajstić information content (AvgIpc) is 2.78. The van der Waals surface area contributed by atoms with Crippen LogP contribution in [0.3, 0.4) is 0 Å². The minimum atomic E-state index is 0.333. The molecule has 0 bridgehead atoms. The Hall–Kier alpha value is -0.740. The van der Waals surface area contributed by atoms with Gasteiger partial charge in [-0.1, -0.05) is 0 Å². The van der Waals surface area contributed by atoms with Crippen LogP contribution in [0.4, 0.5) is 0 Å². The largest absolute Gasteiger partial charge is 0.454 e. The van der Waals surface area contributed by atoms with E-state index in [2.05, 4.69) is 34.2 Å². The van der Waals surface area contributed by atoms with E-state index in [9.17, 15) is 0 Å². The Bertz CT molecular complexity index is 442. The summed E-state index contributed by atoms with van der Waals surface area (Å²) in [6.07, 6.45) is 2.48. The molecule has 3 nitrogen and oxygen atoms in total. The minimum absolute atomic E-state index is 0.333. The summed E-state index contributed by atoms with van der Waals surface area (Å²) in [6, 6.07) is 2.09. The molecule has 1 aromatic rings. The number of rotatable bonds is 1. The Morgan fingerprint density at radius 2 is 2.29 bits per heavy atom. The van der Waals surface area contributed by atoms with Gasteiger partial charge in [-0.25, -0.2) is 0 Å². The summed E-state index contributed by atoms with van der Waals surface area (Å²) in [4.78, 5) is 0. The lowest BCUT2D eigenvalue weighted by Crippen LogP contribution is -2.29. The van der Waals surface area contributed by atoms with E-state index in [-0.39, 0.29) is 0 Å². The Kier molecular flexibility index (Phi) is 3.01. The highest BCUT2D eigenvalue weighted by Crippen LogP contribution is 2.46. The van der Waals surface area contributed by atoms with Gasteiger partial charge >= 0.3 is 0 Å². The molecular weight excluding hydrogens is 282 g/mol. The van der Waals surface area contributed by atoms with Crippen molar-refractivity contribution in [1.82, 2.24) is 5.32 Å². The zero-order valence-corrected chi connectivity index (χ0v) is 11.5. The first kappa shape index (κ1) is 11.4. The van der Waals surface area contributed by atoms with Crippen molar-refractivity contribution in [1.29, 1.82) is 0 Å². The predicted molar refractivity (Wildman–Crippen MR) is 69.8 cm³/mol. The molecule has 0 aromatic heterocycles. The van der Waals surface area contributed by atoms with E-state index in [4.69, 9.17) is 9.47 Å². The van der Waals surface area contributed by atoms with Crippen molar-refractivity contribution in [3.63, 3.8) is 0 Å². The van der Waals surface area contributed by atoms with Crippen LogP contribution in [0, 0.1) is 6.92 Å². The molecular formula is C13H16BrNO2. The number of benzene rings is 1. The van der Waals surface area contributed by atoms with Crippen molar-refractivity contribution >= 4 is 15.9 Å². The van der Waals surface area contributed by atoms with Gasteiger partial charge in [0.15, 0.2) is 11.5 Å². The van der Waals surface area contributed by atoms with Gasteiger partial charge in [-0.05, 0) is 65.4 Å². The monoisotopic (exact) mass is 297 g/mol. The van der Waals surface area contributed by atoms with Crippen LogP contribution in [0.5, 0.6) is 11.5 Å². The van der Waals surface area contributed by atoms with Gasteiger partial charge < -0.3 is 14.8 Å². The second-order valence-corrected chi connectivity index (χ2v) is 5.49. The summed E-state index contributed by atoms with van der Waals surface area (Å²) in [5.74, 6) is 2.31. The van der Waals surface area contributed by atoms with Crippen molar-refractivity contribution in [2.75, 3.05) is 19.9 Å². The SMILES string of the molecule is Cc1cc2c(c(Br)c1C1CCCNC1)OCO2. The van der Waals surface area contributed by atoms with E-state index < -0.39 is 0 Å². The molecule has 0 radical (unpaired) electrons. The van der Waals surface area contributed by atoms with Crippen LogP contribution in [0.25, 0.3) is 0 Å². The Labute approximate surface area is 110 Å². The molecule has 2 heterocycles. The van der Waals surface area contributed by atoms with Crippen LogP contribution >= 0.6 is 15.9 Å². The average molecular weight is 298 g/mol. The standard InChI is InChI=1S/C13H16BrNO2/c1-8-5-10-13(17-7-16-10)12(14)11(8)9-3-2-4-15-6-9/h5,9,15H,2-4,6-7H2,1H3. The number of nitrogens with one attached hydrogen (secondary N) is 1. The molecule has 1 fully saturated rings. The molecule has 3 rings (SSSR count). The van der Waals surface area contributed by atoms with Crippen LogP contribution in [-0.4, -0.2) is 19.9 Å². The highest BCUT2D eigenvalue weighted by Gasteiger charge is 2.26. The van der Waals surface area contributed by atoms with Crippen molar-refractivity contribution in [2.24, 2.45) is 0 Å². The summed E-state index contributed by atoms with van der Waals surface area (Å²) >= 11 is 3.69. The van der Waals surface area contributed by atoms with Gasteiger partial charge in [0.25, 0.3) is 0 Å². The first-order valence-corrected chi connectivity index (χ1v) is 6.86. The number of piperidine rings is 1. The Balaban J connectivity index is 2.03. The van der Waals surface area contributed by atoms with Gasteiger partial charge in [0.2, 0.25) is 6.79 Å². The molecule has 1 aromatic carbocycles. The fraction of sp³-hybridized carbons (Fsp3) is 0.538. The van der Waals surface area contributed by atoms with E-state index in [0.717, 1.165) is 29.1 Å². The molecule has 92 valence electrons. The molecule has 1 N–H and O–H groups in total. The lowest BCUT2D eigenvalue weighted by molar-refractivity contribution is 0.173. The maximum Gasteiger partial charge on any atom is 0.231 e. The van der Waals surface area contributed by atoms with Gasteiger partial charge in [0.05, 0.1) is 4.47 Å². The van der Waals surface area contributed by atoms with Crippen molar-refractivity contribution < 1.29 is 9.47 Å². The van der Waals surface area contributed by atoms with Crippen LogP contribution in [-0.2, 0) is 0 Å². The normalized spacial score (nSPS) is 22.8. The van der Waals surface area contributed by atoms with Crippen LogP contribution in [0.15, 0.2) is 10.5 Å². The van der Waals surface area contributed by atoms with E-state index in [1.807, 2.05) is 0 Å². The number of hydrogen-bond donors (Lipinski definition) is 1. The number of aryl methyl sites for hydroxylation is 1. The molecule has 17 heavy (non-hydrogen) atoms. The lowest BCUT2D eigenvalue weighted by atomic mass is 9.88. The molecule has 2 aliphatic rings. The van der Waals surface area contributed by atoms with Gasteiger partial charge in [0, 0.05) is 6.54 Å². The van der Waals surface area contributed by atoms with Crippen LogP contribution in [0.1, 0.15) is 29.9 Å². The summed E-state index contributed by atoms with van der Waals surface area (Å²) < 4.78 is 12.0. The van der Waals surface area contributed by atoms with Crippen molar-refractivity contribution in [3.05, 3.63) is 21.7 Å². The summed E-state index contributed by atoms with van der Waals surface area (Å²) in [6.45, 7) is 4.67. The van der Waals surface area contributed by atoms with Gasteiger partial charge in [-0.3, -0.25) is 0 Å². The highest BCUT2D eigenvalue weighted by atomic mass is 79.9. The van der Waals surface area contributed by atoms with Crippen LogP contribution < -0.4 is 14.8 Å². The zero-order chi connectivity index (χ0) is 11.8. The third-order valence-corrected chi connectivity index (χ3v) is 4.34. The maximum atomic E-state index is 5.53. The second kappa shape index (κ2) is 4.50. The molecule has 0 amide bonds. The van der Waals surface area contributed by atoms with E-state index >= 15 is 0 Å². The third-order valence-electron chi connectivity index (χ3n) is 3.55. The molecule has 1 atom stereocenters. The number of hydrogen-bond acceptors (Lipinski definition) is 3. The van der Waals surface area contributed by atoms with Gasteiger partial charge in [-0.15, -0.1) is 0 Å². The molecule has 1 unspecified atom stereocenters. The lowest BCUT2D eigenvalue weighted by Gasteiger charge is -2.26. The molecule has 1 saturated heterocycles. The van der Waals surface area contributed by atoms with E-state index in [1.54, 1.807) is 0 Å². The Morgan fingerprint density at radius 1 is 1.41 bits per heavy atom. The highest BCUT2D eigenvalue weighted by molar-refractivity contribution is 9.10. The minimum Gasteiger partial charge on any atom is -0.454 e. The number of ether oxygens (including phenoxy) is 2. The zero-order valence-electron chi connectivity index (χ0n) is 9.88. The van der Waals surface area contributed by atoms with Crippen molar-refractivity contribution in [2.45, 2.75) is 25.7 Å². The topological polar surface area (TPSA) is 30.5 Å². The maximum absolute atomic E-state index is 5.53. The summed E-state index contributed by atoms with van der Waals surface area (Å²) in [5.41, 5.74) is 2.66. The smallest absolute Gasteiger partial charge is 0.231 e. The second-order valence-electron chi connectivity index (χ2n) is 4.70. The summed E-state index contributed by atoms with van der Waals surface area (Å²) in [5, 5.41) is 3.46. The molecule has 4 heteroatoms. The third kappa shape index (κ3) is 1.93. The van der Waals surface area contributed by atoms with Gasteiger partial charge in [-0.2, -0.15) is 0 Å². The quantitative estimate of drug-likeness (QED) is 0.864. The number of fused-ring (bicyclic) bond motifs is 1. The summed E-state index contributed by atoms with van der Waals surface area (Å²) in [7, 11) is 0. The predicted octanol–water partition coefficient (Wildman–Crippen LogP) is 2.95. The molecule has 0 spiro atoms. The van der Waals surface area contributed by atoms with Crippen molar-refractivity contribution in [3.8, 4) is 11.5 Å². The number of halogens is 1. The fourth-order valence-corrected chi connectivity index (χ4v) is 3.68. The fourth-order valence-electron chi connectivity index (χ4n) is 2.74. The van der Waals surface area contributed by atoms with E-state index in [0.29, 0.717) is 12.7 Å². The first-order valence-electron chi connectivity index (χ1n) is 6.06. The van der Waals surface area contributed by atoms with Gasteiger partial charge in [0.1, 0.15) is 0 Å². The molecule has 0 saturated carbocycles. The first-order chi connectivity index (χ1) is 8.27. The van der Waals surface area contributed by atoms with E-state index in [1.165, 1.54) is 24.0 Å². The molecule has 0 aliphatic carbocycles. The Morgan fingerprint density at radius 3 is 3.06 bits per heavy atom.